The molecule has 0 unspecified atom stereocenters. The first-order valence-corrected chi connectivity index (χ1v) is 9.75. The summed E-state index contributed by atoms with van der Waals surface area (Å²) in [6, 6.07) is 19.4. The van der Waals surface area contributed by atoms with Gasteiger partial charge >= 0.3 is 6.18 Å². The van der Waals surface area contributed by atoms with Crippen LogP contribution in [0.15, 0.2) is 78.9 Å². The number of benzene rings is 3. The predicted octanol–water partition coefficient (Wildman–Crippen LogP) is 4.11. The first kappa shape index (κ1) is 22.9. The highest BCUT2D eigenvalue weighted by atomic mass is 19.4. The molecule has 0 aromatic heterocycles. The van der Waals surface area contributed by atoms with Crippen LogP contribution in [-0.2, 0) is 24.0 Å². The Morgan fingerprint density at radius 3 is 2.22 bits per heavy atom. The Morgan fingerprint density at radius 1 is 0.906 bits per heavy atom. The minimum absolute atomic E-state index is 0.0823. The fraction of sp³-hybridized carbons (Fsp3) is 0.167. The van der Waals surface area contributed by atoms with Gasteiger partial charge in [0.05, 0.1) is 5.56 Å². The quantitative estimate of drug-likeness (QED) is 0.551. The third-order valence-electron chi connectivity index (χ3n) is 4.71. The number of alkyl halides is 3. The van der Waals surface area contributed by atoms with E-state index in [-0.39, 0.29) is 12.0 Å². The third kappa shape index (κ3) is 6.34. The van der Waals surface area contributed by atoms with E-state index in [1.165, 1.54) is 6.07 Å². The molecule has 1 atom stereocenters. The van der Waals surface area contributed by atoms with E-state index in [2.05, 4.69) is 5.32 Å². The van der Waals surface area contributed by atoms with Gasteiger partial charge in [0.15, 0.2) is 0 Å². The maximum absolute atomic E-state index is 12.9. The van der Waals surface area contributed by atoms with Crippen molar-refractivity contribution in [3.8, 4) is 5.75 Å². The highest BCUT2D eigenvalue weighted by molar-refractivity contribution is 5.97. The van der Waals surface area contributed by atoms with E-state index in [1.54, 1.807) is 24.3 Å². The highest BCUT2D eigenvalue weighted by Crippen LogP contribution is 2.29. The summed E-state index contributed by atoms with van der Waals surface area (Å²) < 4.78 is 44.3. The number of carbonyl (C=O) groups excluding carboxylic acids is 2. The molecular weight excluding hydrogens is 421 g/mol. The van der Waals surface area contributed by atoms with E-state index in [0.717, 1.165) is 23.8 Å². The molecule has 0 aliphatic carbocycles. The van der Waals surface area contributed by atoms with E-state index >= 15 is 0 Å². The van der Waals surface area contributed by atoms with Crippen LogP contribution in [0, 0.1) is 0 Å². The summed E-state index contributed by atoms with van der Waals surface area (Å²) >= 11 is 0. The first-order chi connectivity index (χ1) is 15.2. The standard InChI is InChI=1S/C24H21F3N2O3/c25-24(26,27)19-8-4-7-18(14-19)23(31)29-21(22(28)30)13-16-9-11-20(12-10-16)32-15-17-5-2-1-3-6-17/h1-12,14,21H,13,15H2,(H2,28,30)(H,29,31)/t21-/m0/s1. The summed E-state index contributed by atoms with van der Waals surface area (Å²) in [5.74, 6) is -0.987. The van der Waals surface area contributed by atoms with Crippen LogP contribution in [-0.4, -0.2) is 17.9 Å². The molecular formula is C24H21F3N2O3. The van der Waals surface area contributed by atoms with Crippen LogP contribution < -0.4 is 15.8 Å². The first-order valence-electron chi connectivity index (χ1n) is 9.75. The normalized spacial score (nSPS) is 12.1. The summed E-state index contributed by atoms with van der Waals surface area (Å²) in [4.78, 5) is 24.2. The SMILES string of the molecule is NC(=O)[C@H](Cc1ccc(OCc2ccccc2)cc1)NC(=O)c1cccc(C(F)(F)F)c1. The van der Waals surface area contributed by atoms with Gasteiger partial charge in [-0.05, 0) is 41.5 Å². The van der Waals surface area contributed by atoms with Crippen molar-refractivity contribution in [2.45, 2.75) is 25.2 Å². The molecule has 0 saturated carbocycles. The second kappa shape index (κ2) is 10.00. The summed E-state index contributed by atoms with van der Waals surface area (Å²) in [5.41, 5.74) is 5.95. The van der Waals surface area contributed by atoms with Gasteiger partial charge in [-0.25, -0.2) is 0 Å². The zero-order chi connectivity index (χ0) is 23.1. The number of primary amides is 1. The van der Waals surface area contributed by atoms with E-state index in [1.807, 2.05) is 30.3 Å². The zero-order valence-corrected chi connectivity index (χ0v) is 16.9. The number of hydrogen-bond acceptors (Lipinski definition) is 3. The van der Waals surface area contributed by atoms with Crippen molar-refractivity contribution in [2.75, 3.05) is 0 Å². The Bertz CT molecular complexity index is 1070. The van der Waals surface area contributed by atoms with Gasteiger partial charge in [-0.15, -0.1) is 0 Å². The van der Waals surface area contributed by atoms with Gasteiger partial charge < -0.3 is 15.8 Å². The van der Waals surface area contributed by atoms with Crippen molar-refractivity contribution in [3.63, 3.8) is 0 Å². The van der Waals surface area contributed by atoms with Gasteiger partial charge in [0.1, 0.15) is 18.4 Å². The molecule has 0 radical (unpaired) electrons. The van der Waals surface area contributed by atoms with E-state index in [9.17, 15) is 22.8 Å². The average molecular weight is 442 g/mol. The number of halogens is 3. The summed E-state index contributed by atoms with van der Waals surface area (Å²) in [6.45, 7) is 0.400. The number of nitrogens with one attached hydrogen (secondary N) is 1. The van der Waals surface area contributed by atoms with Crippen LogP contribution in [0.25, 0.3) is 0 Å². The van der Waals surface area contributed by atoms with Crippen LogP contribution in [0.2, 0.25) is 0 Å². The number of ether oxygens (including phenoxy) is 1. The molecule has 5 nitrogen and oxygen atoms in total. The maximum atomic E-state index is 12.9. The molecule has 3 aromatic carbocycles. The Labute approximate surface area is 183 Å². The van der Waals surface area contributed by atoms with Gasteiger partial charge in [0.2, 0.25) is 5.91 Å². The fourth-order valence-electron chi connectivity index (χ4n) is 3.00. The van der Waals surface area contributed by atoms with Crippen molar-refractivity contribution < 1.29 is 27.5 Å². The number of rotatable bonds is 8. The second-order valence-corrected chi connectivity index (χ2v) is 7.13. The van der Waals surface area contributed by atoms with E-state index in [0.29, 0.717) is 17.9 Å². The lowest BCUT2D eigenvalue weighted by molar-refractivity contribution is -0.137. The molecule has 2 amide bonds. The molecule has 3 rings (SSSR count). The van der Waals surface area contributed by atoms with Crippen molar-refractivity contribution >= 4 is 11.8 Å². The molecule has 0 fully saturated rings. The molecule has 166 valence electrons. The van der Waals surface area contributed by atoms with E-state index in [4.69, 9.17) is 10.5 Å². The molecule has 0 spiro atoms. The highest BCUT2D eigenvalue weighted by Gasteiger charge is 2.31. The van der Waals surface area contributed by atoms with Crippen LogP contribution >= 0.6 is 0 Å². The lowest BCUT2D eigenvalue weighted by atomic mass is 10.0. The largest absolute Gasteiger partial charge is 0.489 e. The molecule has 0 saturated heterocycles. The molecule has 0 aliphatic heterocycles. The van der Waals surface area contributed by atoms with Crippen LogP contribution in [0.3, 0.4) is 0 Å². The van der Waals surface area contributed by atoms with E-state index < -0.39 is 29.6 Å². The van der Waals surface area contributed by atoms with Gasteiger partial charge in [-0.3, -0.25) is 9.59 Å². The minimum atomic E-state index is -4.58. The molecule has 0 aliphatic rings. The number of amides is 2. The molecule has 8 heteroatoms. The van der Waals surface area contributed by atoms with Crippen molar-refractivity contribution in [1.29, 1.82) is 0 Å². The summed E-state index contributed by atoms with van der Waals surface area (Å²) in [7, 11) is 0. The molecule has 32 heavy (non-hydrogen) atoms. The lowest BCUT2D eigenvalue weighted by Crippen LogP contribution is -2.45. The minimum Gasteiger partial charge on any atom is -0.489 e. The van der Waals surface area contributed by atoms with Gasteiger partial charge in [-0.2, -0.15) is 13.2 Å². The van der Waals surface area contributed by atoms with Gasteiger partial charge in [0.25, 0.3) is 5.91 Å². The number of hydrogen-bond donors (Lipinski definition) is 2. The predicted molar refractivity (Wildman–Crippen MR) is 113 cm³/mol. The summed E-state index contributed by atoms with van der Waals surface area (Å²) in [5, 5.41) is 2.41. The third-order valence-corrected chi connectivity index (χ3v) is 4.71. The van der Waals surface area contributed by atoms with Crippen LogP contribution in [0.1, 0.15) is 27.0 Å². The smallest absolute Gasteiger partial charge is 0.416 e. The van der Waals surface area contributed by atoms with Gasteiger partial charge in [0, 0.05) is 12.0 Å². The molecule has 0 bridgehead atoms. The number of carbonyl (C=O) groups is 2. The average Bonchev–Trinajstić information content (AvgIpc) is 2.78. The fourth-order valence-corrected chi connectivity index (χ4v) is 3.00. The Hall–Kier alpha value is -3.81. The summed E-state index contributed by atoms with van der Waals surface area (Å²) in [6.07, 6.45) is -4.50. The van der Waals surface area contributed by atoms with Crippen LogP contribution in [0.5, 0.6) is 5.75 Å². The molecule has 0 heterocycles. The number of nitrogens with two attached hydrogens (primary N) is 1. The molecule has 3 aromatic rings. The second-order valence-electron chi connectivity index (χ2n) is 7.13. The maximum Gasteiger partial charge on any atom is 0.416 e. The van der Waals surface area contributed by atoms with Crippen molar-refractivity contribution in [2.24, 2.45) is 5.73 Å². The Kier molecular flexibility index (Phi) is 7.14. The lowest BCUT2D eigenvalue weighted by Gasteiger charge is -2.16. The molecule has 3 N–H and O–H groups in total. The topological polar surface area (TPSA) is 81.4 Å². The van der Waals surface area contributed by atoms with Crippen molar-refractivity contribution in [1.82, 2.24) is 5.32 Å². The monoisotopic (exact) mass is 442 g/mol. The van der Waals surface area contributed by atoms with Crippen LogP contribution in [0.4, 0.5) is 13.2 Å². The Balaban J connectivity index is 1.62. The van der Waals surface area contributed by atoms with Gasteiger partial charge in [-0.1, -0.05) is 48.5 Å². The Morgan fingerprint density at radius 2 is 1.59 bits per heavy atom. The van der Waals surface area contributed by atoms with Crippen molar-refractivity contribution in [3.05, 3.63) is 101 Å². The zero-order valence-electron chi connectivity index (χ0n) is 16.9.